The van der Waals surface area contributed by atoms with Crippen LogP contribution in [0.1, 0.15) is 18.9 Å². The Morgan fingerprint density at radius 1 is 1.59 bits per heavy atom. The molecule has 0 fully saturated rings. The highest BCUT2D eigenvalue weighted by Crippen LogP contribution is 2.34. The molecule has 0 radical (unpaired) electrons. The van der Waals surface area contributed by atoms with Crippen LogP contribution in [0, 0.1) is 5.41 Å². The summed E-state index contributed by atoms with van der Waals surface area (Å²) in [6.45, 7) is 1.79. The van der Waals surface area contributed by atoms with E-state index in [-0.39, 0.29) is 12.6 Å². The van der Waals surface area contributed by atoms with Crippen LogP contribution in [-0.2, 0) is 11.2 Å². The normalized spacial score (nSPS) is 21.4. The number of ether oxygens (including phenoxy) is 1. The summed E-state index contributed by atoms with van der Waals surface area (Å²) in [7, 11) is 0. The molecule has 92 valence electrons. The van der Waals surface area contributed by atoms with Crippen LogP contribution in [0.5, 0.6) is 5.75 Å². The third-order valence-corrected chi connectivity index (χ3v) is 3.36. The summed E-state index contributed by atoms with van der Waals surface area (Å²) in [6.07, 6.45) is 1.11. The summed E-state index contributed by atoms with van der Waals surface area (Å²) in [5, 5.41) is 9.17. The number of carbonyl (C=O) groups is 1. The predicted molar refractivity (Wildman–Crippen MR) is 64.0 cm³/mol. The van der Waals surface area contributed by atoms with E-state index in [1.807, 2.05) is 24.3 Å². The van der Waals surface area contributed by atoms with Gasteiger partial charge in [0, 0.05) is 19.4 Å². The first-order valence-corrected chi connectivity index (χ1v) is 5.73. The number of para-hydroxylation sites is 1. The number of benzene rings is 1. The number of aliphatic carboxylic acids is 1. The van der Waals surface area contributed by atoms with Crippen LogP contribution < -0.4 is 10.5 Å². The quantitative estimate of drug-likeness (QED) is 0.828. The fourth-order valence-corrected chi connectivity index (χ4v) is 2.13. The Labute approximate surface area is 100 Å². The van der Waals surface area contributed by atoms with E-state index < -0.39 is 11.4 Å². The average molecular weight is 235 g/mol. The Morgan fingerprint density at radius 2 is 2.29 bits per heavy atom. The fraction of sp³-hybridized carbons (Fsp3) is 0.462. The highest BCUT2D eigenvalue weighted by atomic mass is 16.5. The van der Waals surface area contributed by atoms with Gasteiger partial charge in [0.05, 0.1) is 5.41 Å². The summed E-state index contributed by atoms with van der Waals surface area (Å²) in [5.74, 6) is 0.00168. The number of fused-ring (bicyclic) bond motifs is 1. The van der Waals surface area contributed by atoms with Crippen molar-refractivity contribution in [3.05, 3.63) is 29.8 Å². The molecule has 3 N–H and O–H groups in total. The second-order valence-electron chi connectivity index (χ2n) is 4.83. The number of hydrogen-bond donors (Lipinski definition) is 2. The molecule has 0 spiro atoms. The summed E-state index contributed by atoms with van der Waals surface area (Å²) in [4.78, 5) is 11.2. The number of hydrogen-bond acceptors (Lipinski definition) is 3. The van der Waals surface area contributed by atoms with E-state index in [2.05, 4.69) is 0 Å². The standard InChI is InChI=1S/C13H17NO3/c1-13(8-14,12(15)16)7-10-6-9-4-2-3-5-11(9)17-10/h2-5,10H,6-8,14H2,1H3,(H,15,16). The number of nitrogens with two attached hydrogens (primary N) is 1. The predicted octanol–water partition coefficient (Wildman–Crippen LogP) is 1.43. The van der Waals surface area contributed by atoms with Gasteiger partial charge in [-0.15, -0.1) is 0 Å². The van der Waals surface area contributed by atoms with Gasteiger partial charge in [0.2, 0.25) is 0 Å². The average Bonchev–Trinajstić information content (AvgIpc) is 2.70. The van der Waals surface area contributed by atoms with Crippen molar-refractivity contribution in [2.45, 2.75) is 25.9 Å². The van der Waals surface area contributed by atoms with Gasteiger partial charge in [-0.1, -0.05) is 18.2 Å². The molecule has 0 saturated carbocycles. The van der Waals surface area contributed by atoms with Crippen molar-refractivity contribution in [1.82, 2.24) is 0 Å². The molecule has 0 aromatic heterocycles. The van der Waals surface area contributed by atoms with Crippen LogP contribution in [0.15, 0.2) is 24.3 Å². The van der Waals surface area contributed by atoms with Gasteiger partial charge in [-0.2, -0.15) is 0 Å². The van der Waals surface area contributed by atoms with Crippen LogP contribution in [0.2, 0.25) is 0 Å². The fourth-order valence-electron chi connectivity index (χ4n) is 2.13. The maximum atomic E-state index is 11.2. The van der Waals surface area contributed by atoms with Crippen molar-refractivity contribution < 1.29 is 14.6 Å². The zero-order valence-corrected chi connectivity index (χ0v) is 9.85. The summed E-state index contributed by atoms with van der Waals surface area (Å²) in [6, 6.07) is 7.80. The van der Waals surface area contributed by atoms with Gasteiger partial charge >= 0.3 is 5.97 Å². The van der Waals surface area contributed by atoms with Crippen LogP contribution in [-0.4, -0.2) is 23.7 Å². The minimum absolute atomic E-state index is 0.0861. The highest BCUT2D eigenvalue weighted by molar-refractivity contribution is 5.74. The first-order chi connectivity index (χ1) is 8.05. The van der Waals surface area contributed by atoms with Gasteiger partial charge in [-0.25, -0.2) is 0 Å². The molecule has 0 bridgehead atoms. The molecule has 1 aliphatic rings. The van der Waals surface area contributed by atoms with Crippen molar-refractivity contribution in [3.8, 4) is 5.75 Å². The maximum Gasteiger partial charge on any atom is 0.310 e. The number of carboxylic acids is 1. The van der Waals surface area contributed by atoms with E-state index in [0.717, 1.165) is 17.7 Å². The minimum atomic E-state index is -0.910. The molecule has 1 heterocycles. The van der Waals surface area contributed by atoms with Crippen molar-refractivity contribution in [3.63, 3.8) is 0 Å². The lowest BCUT2D eigenvalue weighted by atomic mass is 9.83. The Morgan fingerprint density at radius 3 is 2.88 bits per heavy atom. The number of rotatable bonds is 4. The zero-order chi connectivity index (χ0) is 12.5. The number of carboxylic acid groups (broad SMARTS) is 1. The second-order valence-corrected chi connectivity index (χ2v) is 4.83. The summed E-state index contributed by atoms with van der Waals surface area (Å²) in [5.41, 5.74) is 5.79. The Balaban J connectivity index is 2.07. The summed E-state index contributed by atoms with van der Waals surface area (Å²) >= 11 is 0. The monoisotopic (exact) mass is 235 g/mol. The Kier molecular flexibility index (Phi) is 3.07. The van der Waals surface area contributed by atoms with E-state index in [1.54, 1.807) is 6.92 Å². The van der Waals surface area contributed by atoms with Crippen molar-refractivity contribution in [1.29, 1.82) is 0 Å². The Bertz CT molecular complexity index is 407. The maximum absolute atomic E-state index is 11.2. The Hall–Kier alpha value is -1.55. The molecular weight excluding hydrogens is 218 g/mol. The van der Waals surface area contributed by atoms with Crippen molar-refractivity contribution in [2.24, 2.45) is 11.1 Å². The molecule has 2 unspecified atom stereocenters. The minimum Gasteiger partial charge on any atom is -0.490 e. The van der Waals surface area contributed by atoms with E-state index >= 15 is 0 Å². The molecule has 0 saturated heterocycles. The van der Waals surface area contributed by atoms with E-state index in [1.165, 1.54) is 0 Å². The SMILES string of the molecule is CC(CN)(CC1Cc2ccccc2O1)C(=O)O. The molecule has 4 nitrogen and oxygen atoms in total. The van der Waals surface area contributed by atoms with Crippen LogP contribution in [0.4, 0.5) is 0 Å². The van der Waals surface area contributed by atoms with Gasteiger partial charge in [-0.3, -0.25) is 4.79 Å². The summed E-state index contributed by atoms with van der Waals surface area (Å²) < 4.78 is 5.74. The lowest BCUT2D eigenvalue weighted by Crippen LogP contribution is -2.39. The van der Waals surface area contributed by atoms with Gasteiger partial charge in [0.15, 0.2) is 0 Å². The molecule has 17 heavy (non-hydrogen) atoms. The molecule has 0 aliphatic carbocycles. The van der Waals surface area contributed by atoms with E-state index in [0.29, 0.717) is 6.42 Å². The smallest absolute Gasteiger partial charge is 0.310 e. The first-order valence-electron chi connectivity index (χ1n) is 5.73. The first kappa shape index (κ1) is 11.9. The van der Waals surface area contributed by atoms with Crippen LogP contribution >= 0.6 is 0 Å². The van der Waals surface area contributed by atoms with Gasteiger partial charge in [0.1, 0.15) is 11.9 Å². The third kappa shape index (κ3) is 2.26. The molecule has 1 aromatic carbocycles. The van der Waals surface area contributed by atoms with Crippen LogP contribution in [0.3, 0.4) is 0 Å². The molecule has 1 aliphatic heterocycles. The van der Waals surface area contributed by atoms with Crippen molar-refractivity contribution in [2.75, 3.05) is 6.54 Å². The van der Waals surface area contributed by atoms with Crippen LogP contribution in [0.25, 0.3) is 0 Å². The zero-order valence-electron chi connectivity index (χ0n) is 9.85. The van der Waals surface area contributed by atoms with Gasteiger partial charge < -0.3 is 15.6 Å². The lowest BCUT2D eigenvalue weighted by molar-refractivity contribution is -0.148. The topological polar surface area (TPSA) is 72.5 Å². The molecule has 4 heteroatoms. The lowest BCUT2D eigenvalue weighted by Gasteiger charge is -2.25. The highest BCUT2D eigenvalue weighted by Gasteiger charge is 2.37. The largest absolute Gasteiger partial charge is 0.490 e. The molecule has 0 amide bonds. The third-order valence-electron chi connectivity index (χ3n) is 3.36. The van der Waals surface area contributed by atoms with Crippen molar-refractivity contribution >= 4 is 5.97 Å². The molecule has 2 atom stereocenters. The van der Waals surface area contributed by atoms with E-state index in [9.17, 15) is 9.90 Å². The molecule has 1 aromatic rings. The van der Waals surface area contributed by atoms with Gasteiger partial charge in [-0.05, 0) is 18.6 Å². The molecular formula is C13H17NO3. The van der Waals surface area contributed by atoms with E-state index in [4.69, 9.17) is 10.5 Å². The molecule has 2 rings (SSSR count). The van der Waals surface area contributed by atoms with Gasteiger partial charge in [0.25, 0.3) is 0 Å². The second kappa shape index (κ2) is 4.37.